The van der Waals surface area contributed by atoms with Crippen LogP contribution in [0.4, 0.5) is 15.6 Å². The molecule has 9 heteroatoms. The van der Waals surface area contributed by atoms with Gasteiger partial charge in [0.05, 0.1) is 11.4 Å². The zero-order chi connectivity index (χ0) is 20.5. The SMILES string of the molecule is CCS(=O)(=O)N1CCc2nc(NC(=O)Nc3ccc(C(C)(C)C)cc3)sc2C1. The predicted molar refractivity (Wildman–Crippen MR) is 113 cm³/mol. The van der Waals surface area contributed by atoms with Gasteiger partial charge in [0.2, 0.25) is 10.0 Å². The number of anilines is 2. The minimum Gasteiger partial charge on any atom is -0.308 e. The molecule has 1 aliphatic heterocycles. The van der Waals surface area contributed by atoms with Gasteiger partial charge < -0.3 is 5.32 Å². The van der Waals surface area contributed by atoms with Crippen molar-refractivity contribution in [3.63, 3.8) is 0 Å². The number of urea groups is 1. The summed E-state index contributed by atoms with van der Waals surface area (Å²) in [6.45, 7) is 8.81. The van der Waals surface area contributed by atoms with Crippen molar-refractivity contribution in [2.75, 3.05) is 22.9 Å². The van der Waals surface area contributed by atoms with Crippen LogP contribution in [-0.4, -0.2) is 36.0 Å². The van der Waals surface area contributed by atoms with Gasteiger partial charge in [0.25, 0.3) is 0 Å². The van der Waals surface area contributed by atoms with Gasteiger partial charge in [0.15, 0.2) is 5.13 Å². The number of fused-ring (bicyclic) bond motifs is 1. The molecular weight excluding hydrogens is 396 g/mol. The van der Waals surface area contributed by atoms with Crippen molar-refractivity contribution in [2.24, 2.45) is 0 Å². The zero-order valence-corrected chi connectivity index (χ0v) is 18.2. The van der Waals surface area contributed by atoms with Crippen molar-refractivity contribution in [3.05, 3.63) is 40.4 Å². The van der Waals surface area contributed by atoms with E-state index in [1.54, 1.807) is 6.92 Å². The highest BCUT2D eigenvalue weighted by Gasteiger charge is 2.28. The minimum atomic E-state index is -3.22. The first kappa shape index (κ1) is 20.8. The highest BCUT2D eigenvalue weighted by molar-refractivity contribution is 7.89. The monoisotopic (exact) mass is 422 g/mol. The first-order chi connectivity index (χ1) is 13.1. The topological polar surface area (TPSA) is 91.4 Å². The van der Waals surface area contributed by atoms with Crippen molar-refractivity contribution in [2.45, 2.75) is 46.1 Å². The van der Waals surface area contributed by atoms with E-state index in [1.165, 1.54) is 21.2 Å². The number of rotatable bonds is 4. The van der Waals surface area contributed by atoms with Gasteiger partial charge in [0, 0.05) is 30.1 Å². The third-order valence-corrected chi connectivity index (χ3v) is 7.51. The standard InChI is InChI=1S/C19H26N4O3S2/c1-5-28(25,26)23-11-10-15-16(12-23)27-18(21-15)22-17(24)20-14-8-6-13(7-9-14)19(2,3)4/h6-9H,5,10-12H2,1-4H3,(H2,20,21,22,24). The van der Waals surface area contributed by atoms with E-state index in [2.05, 4.69) is 36.4 Å². The minimum absolute atomic E-state index is 0.0554. The highest BCUT2D eigenvalue weighted by atomic mass is 32.2. The number of amides is 2. The molecule has 1 aliphatic rings. The summed E-state index contributed by atoms with van der Waals surface area (Å²) in [5, 5.41) is 6.03. The van der Waals surface area contributed by atoms with Gasteiger partial charge in [0.1, 0.15) is 0 Å². The van der Waals surface area contributed by atoms with E-state index in [-0.39, 0.29) is 17.2 Å². The van der Waals surface area contributed by atoms with Crippen LogP contribution in [0, 0.1) is 0 Å². The van der Waals surface area contributed by atoms with Crippen LogP contribution in [0.3, 0.4) is 0 Å². The fourth-order valence-corrected chi connectivity index (χ4v) is 5.12. The van der Waals surface area contributed by atoms with E-state index in [0.717, 1.165) is 10.6 Å². The maximum absolute atomic E-state index is 12.3. The first-order valence-corrected chi connectivity index (χ1v) is 11.7. The fraction of sp³-hybridized carbons (Fsp3) is 0.474. The molecule has 2 N–H and O–H groups in total. The number of carbonyl (C=O) groups is 1. The lowest BCUT2D eigenvalue weighted by molar-refractivity contribution is 0.262. The second-order valence-electron chi connectivity index (χ2n) is 7.78. The van der Waals surface area contributed by atoms with E-state index in [1.807, 2.05) is 24.3 Å². The highest BCUT2D eigenvalue weighted by Crippen LogP contribution is 2.30. The molecule has 0 unspecified atom stereocenters. The molecule has 2 aromatic rings. The van der Waals surface area contributed by atoms with Crippen molar-refractivity contribution in [3.8, 4) is 0 Å². The third kappa shape index (κ3) is 4.71. The summed E-state index contributed by atoms with van der Waals surface area (Å²) in [6, 6.07) is 7.38. The van der Waals surface area contributed by atoms with Crippen LogP contribution in [0.1, 0.15) is 43.8 Å². The summed E-state index contributed by atoms with van der Waals surface area (Å²) < 4.78 is 25.6. The Morgan fingerprint density at radius 3 is 2.50 bits per heavy atom. The number of nitrogens with one attached hydrogen (secondary N) is 2. The van der Waals surface area contributed by atoms with Crippen LogP contribution in [0.5, 0.6) is 0 Å². The largest absolute Gasteiger partial charge is 0.325 e. The number of sulfonamides is 1. The van der Waals surface area contributed by atoms with Gasteiger partial charge in [-0.1, -0.05) is 44.2 Å². The van der Waals surface area contributed by atoms with Gasteiger partial charge in [-0.15, -0.1) is 0 Å². The number of hydrogen-bond acceptors (Lipinski definition) is 5. The van der Waals surface area contributed by atoms with Crippen molar-refractivity contribution >= 4 is 38.2 Å². The summed E-state index contributed by atoms with van der Waals surface area (Å²) in [6.07, 6.45) is 0.558. The Labute approximate surface area is 170 Å². The maximum atomic E-state index is 12.3. The van der Waals surface area contributed by atoms with E-state index in [9.17, 15) is 13.2 Å². The van der Waals surface area contributed by atoms with Crippen molar-refractivity contribution < 1.29 is 13.2 Å². The Bertz CT molecular complexity index is 960. The molecule has 0 aliphatic carbocycles. The Kier molecular flexibility index (Phi) is 5.79. The Morgan fingerprint density at radius 1 is 1.21 bits per heavy atom. The molecule has 2 heterocycles. The molecular formula is C19H26N4O3S2. The molecule has 1 aromatic heterocycles. The van der Waals surface area contributed by atoms with Gasteiger partial charge >= 0.3 is 6.03 Å². The van der Waals surface area contributed by atoms with E-state index < -0.39 is 10.0 Å². The van der Waals surface area contributed by atoms with Gasteiger partial charge in [-0.3, -0.25) is 5.32 Å². The second kappa shape index (κ2) is 7.81. The van der Waals surface area contributed by atoms with Gasteiger partial charge in [-0.25, -0.2) is 18.2 Å². The van der Waals surface area contributed by atoms with Crippen molar-refractivity contribution in [1.29, 1.82) is 0 Å². The number of aromatic nitrogens is 1. The molecule has 0 saturated heterocycles. The molecule has 0 bridgehead atoms. The van der Waals surface area contributed by atoms with Crippen molar-refractivity contribution in [1.82, 2.24) is 9.29 Å². The van der Waals surface area contributed by atoms with Crippen LogP contribution in [-0.2, 0) is 28.4 Å². The lowest BCUT2D eigenvalue weighted by Gasteiger charge is -2.24. The summed E-state index contributed by atoms with van der Waals surface area (Å²) in [7, 11) is -3.22. The smallest absolute Gasteiger partial charge is 0.308 e. The number of nitrogens with zero attached hydrogens (tertiary/aromatic N) is 2. The van der Waals surface area contributed by atoms with Crippen LogP contribution in [0.2, 0.25) is 0 Å². The van der Waals surface area contributed by atoms with Crippen LogP contribution >= 0.6 is 11.3 Å². The molecule has 0 fully saturated rings. The first-order valence-electron chi connectivity index (χ1n) is 9.23. The molecule has 0 radical (unpaired) electrons. The molecule has 7 nitrogen and oxygen atoms in total. The normalized spacial score (nSPS) is 15.1. The Morgan fingerprint density at radius 2 is 1.89 bits per heavy atom. The summed E-state index contributed by atoms with van der Waals surface area (Å²) >= 11 is 1.32. The number of carbonyl (C=O) groups excluding carboxylic acids is 1. The second-order valence-corrected chi connectivity index (χ2v) is 11.1. The average molecular weight is 423 g/mol. The maximum Gasteiger partial charge on any atom is 0.325 e. The molecule has 0 saturated carbocycles. The van der Waals surface area contributed by atoms with E-state index in [0.29, 0.717) is 30.3 Å². The van der Waals surface area contributed by atoms with Crippen LogP contribution in [0.15, 0.2) is 24.3 Å². The van der Waals surface area contributed by atoms with Gasteiger partial charge in [-0.2, -0.15) is 4.31 Å². The average Bonchev–Trinajstić information content (AvgIpc) is 3.02. The van der Waals surface area contributed by atoms with E-state index in [4.69, 9.17) is 0 Å². The van der Waals surface area contributed by atoms with E-state index >= 15 is 0 Å². The third-order valence-electron chi connectivity index (χ3n) is 4.68. The lowest BCUT2D eigenvalue weighted by atomic mass is 9.87. The molecule has 0 atom stereocenters. The number of thiazole rings is 1. The quantitative estimate of drug-likeness (QED) is 0.784. The molecule has 28 heavy (non-hydrogen) atoms. The summed E-state index contributed by atoms with van der Waals surface area (Å²) in [5.41, 5.74) is 2.81. The Hall–Kier alpha value is -1.97. The molecule has 1 aromatic carbocycles. The lowest BCUT2D eigenvalue weighted by Crippen LogP contribution is -2.36. The molecule has 152 valence electrons. The fourth-order valence-electron chi connectivity index (χ4n) is 2.96. The summed E-state index contributed by atoms with van der Waals surface area (Å²) in [4.78, 5) is 17.6. The molecule has 0 spiro atoms. The Balaban J connectivity index is 1.63. The van der Waals surface area contributed by atoms with Crippen LogP contribution < -0.4 is 10.6 Å². The van der Waals surface area contributed by atoms with Crippen LogP contribution in [0.25, 0.3) is 0 Å². The number of benzene rings is 1. The zero-order valence-electron chi connectivity index (χ0n) is 16.6. The predicted octanol–water partition coefficient (Wildman–Crippen LogP) is 3.79. The summed E-state index contributed by atoms with van der Waals surface area (Å²) in [5.74, 6) is 0.0860. The van der Waals surface area contributed by atoms with Gasteiger partial charge in [-0.05, 0) is 30.0 Å². The molecule has 3 rings (SSSR count). The number of hydrogen-bond donors (Lipinski definition) is 2. The molecule has 2 amide bonds.